The van der Waals surface area contributed by atoms with E-state index < -0.39 is 11.7 Å². The fourth-order valence-electron chi connectivity index (χ4n) is 4.54. The summed E-state index contributed by atoms with van der Waals surface area (Å²) < 4.78 is 63.4. The molecule has 5 rings (SSSR count). The number of para-hydroxylation sites is 1. The summed E-state index contributed by atoms with van der Waals surface area (Å²) in [5, 5.41) is 7.96. The van der Waals surface area contributed by atoms with E-state index in [1.807, 2.05) is 9.80 Å². The van der Waals surface area contributed by atoms with Gasteiger partial charge in [0.1, 0.15) is 28.6 Å². The minimum absolute atomic E-state index is 0.134. The Labute approximate surface area is 188 Å². The number of methoxy groups -OCH3 is 1. The summed E-state index contributed by atoms with van der Waals surface area (Å²) in [7, 11) is 1.49. The first-order valence-electron chi connectivity index (χ1n) is 11.1. The minimum Gasteiger partial charge on any atom is -0.494 e. The average Bonchev–Trinajstić information content (AvgIpc) is 3.52. The molecule has 0 N–H and O–H groups in total. The first-order valence-corrected chi connectivity index (χ1v) is 11.1. The summed E-state index contributed by atoms with van der Waals surface area (Å²) in [5.41, 5.74) is -0.288. The quantitative estimate of drug-likeness (QED) is 0.514. The Hall–Kier alpha value is -2.88. The van der Waals surface area contributed by atoms with Crippen molar-refractivity contribution in [3.05, 3.63) is 53.2 Å². The van der Waals surface area contributed by atoms with E-state index in [0.717, 1.165) is 12.8 Å². The number of rotatable bonds is 6. The topological polar surface area (TPSA) is 45.9 Å². The van der Waals surface area contributed by atoms with Crippen LogP contribution in [0.25, 0.3) is 5.65 Å². The lowest BCUT2D eigenvalue weighted by Gasteiger charge is -2.37. The van der Waals surface area contributed by atoms with Crippen molar-refractivity contribution >= 4 is 11.3 Å². The first-order chi connectivity index (χ1) is 15.8. The Morgan fingerprint density at radius 2 is 1.82 bits per heavy atom. The average molecular weight is 463 g/mol. The molecule has 3 aromatic rings. The molecule has 0 spiro atoms. The van der Waals surface area contributed by atoms with Gasteiger partial charge in [0.25, 0.3) is 0 Å². The van der Waals surface area contributed by atoms with Crippen LogP contribution in [0, 0.1) is 11.7 Å². The van der Waals surface area contributed by atoms with Gasteiger partial charge >= 0.3 is 6.18 Å². The van der Waals surface area contributed by atoms with Crippen molar-refractivity contribution in [3.8, 4) is 5.75 Å². The van der Waals surface area contributed by atoms with E-state index in [-0.39, 0.29) is 23.6 Å². The number of halogens is 4. The van der Waals surface area contributed by atoms with Crippen LogP contribution in [0.1, 0.15) is 29.8 Å². The lowest BCUT2D eigenvalue weighted by atomic mass is 10.1. The summed E-state index contributed by atoms with van der Waals surface area (Å²) >= 11 is 0. The Bertz CT molecular complexity index is 1150. The maximum absolute atomic E-state index is 14.4. The molecule has 1 saturated heterocycles. The molecule has 0 unspecified atom stereocenters. The molecule has 0 radical (unpaired) electrons. The number of ether oxygens (including phenoxy) is 1. The highest BCUT2D eigenvalue weighted by Gasteiger charge is 2.38. The second-order valence-electron chi connectivity index (χ2n) is 8.72. The van der Waals surface area contributed by atoms with Gasteiger partial charge in [-0.2, -0.15) is 13.2 Å². The van der Waals surface area contributed by atoms with Crippen LogP contribution in [0.4, 0.5) is 23.2 Å². The highest BCUT2D eigenvalue weighted by Crippen LogP contribution is 2.37. The second-order valence-corrected chi connectivity index (χ2v) is 8.72. The SMILES string of the molecule is COc1cccc(F)c1N1CCN(Cc2ccn3c(CC4CC4)nnc3c2C(F)(F)F)CC1. The van der Waals surface area contributed by atoms with Gasteiger partial charge in [-0.25, -0.2) is 4.39 Å². The highest BCUT2D eigenvalue weighted by molar-refractivity contribution is 5.60. The molecule has 176 valence electrons. The van der Waals surface area contributed by atoms with Crippen LogP contribution < -0.4 is 9.64 Å². The van der Waals surface area contributed by atoms with Gasteiger partial charge in [0.2, 0.25) is 0 Å². The molecule has 2 fully saturated rings. The Balaban J connectivity index is 1.36. The molecule has 0 atom stereocenters. The second kappa shape index (κ2) is 8.48. The van der Waals surface area contributed by atoms with Gasteiger partial charge in [-0.1, -0.05) is 6.07 Å². The van der Waals surface area contributed by atoms with Gasteiger partial charge < -0.3 is 9.64 Å². The number of fused-ring (bicyclic) bond motifs is 1. The summed E-state index contributed by atoms with van der Waals surface area (Å²) in [6.45, 7) is 2.10. The predicted molar refractivity (Wildman–Crippen MR) is 115 cm³/mol. The third-order valence-electron chi connectivity index (χ3n) is 6.44. The van der Waals surface area contributed by atoms with Crippen LogP contribution in [0.2, 0.25) is 0 Å². The number of nitrogens with zero attached hydrogens (tertiary/aromatic N) is 5. The van der Waals surface area contributed by atoms with E-state index >= 15 is 0 Å². The van der Waals surface area contributed by atoms with Crippen LogP contribution in [0.15, 0.2) is 30.5 Å². The molecule has 1 aromatic carbocycles. The molecule has 2 aromatic heterocycles. The third-order valence-corrected chi connectivity index (χ3v) is 6.44. The Kier molecular flexibility index (Phi) is 5.64. The van der Waals surface area contributed by atoms with Gasteiger partial charge in [-0.05, 0) is 42.5 Å². The zero-order valence-corrected chi connectivity index (χ0v) is 18.3. The maximum atomic E-state index is 14.4. The lowest BCUT2D eigenvalue weighted by molar-refractivity contribution is -0.137. The molecule has 0 bridgehead atoms. The third kappa shape index (κ3) is 4.36. The number of benzene rings is 1. The Morgan fingerprint density at radius 3 is 2.48 bits per heavy atom. The molecule has 1 saturated carbocycles. The summed E-state index contributed by atoms with van der Waals surface area (Å²) in [6, 6.07) is 6.20. The number of hydrogen-bond donors (Lipinski definition) is 0. The van der Waals surface area contributed by atoms with Crippen molar-refractivity contribution in [2.75, 3.05) is 38.2 Å². The molecule has 6 nitrogen and oxygen atoms in total. The minimum atomic E-state index is -4.54. The fourth-order valence-corrected chi connectivity index (χ4v) is 4.54. The van der Waals surface area contributed by atoms with Crippen LogP contribution in [-0.4, -0.2) is 52.8 Å². The maximum Gasteiger partial charge on any atom is 0.420 e. The molecular formula is C23H25F4N5O. The van der Waals surface area contributed by atoms with Gasteiger partial charge in [0.05, 0.1) is 7.11 Å². The van der Waals surface area contributed by atoms with E-state index in [4.69, 9.17) is 4.74 Å². The summed E-state index contributed by atoms with van der Waals surface area (Å²) in [5.74, 6) is 1.15. The van der Waals surface area contributed by atoms with E-state index in [9.17, 15) is 17.6 Å². The van der Waals surface area contributed by atoms with Crippen molar-refractivity contribution < 1.29 is 22.3 Å². The molecule has 1 aliphatic heterocycles. The van der Waals surface area contributed by atoms with E-state index in [1.54, 1.807) is 18.3 Å². The number of alkyl halides is 3. The predicted octanol–water partition coefficient (Wildman–Crippen LogP) is 4.17. The zero-order valence-electron chi connectivity index (χ0n) is 18.3. The summed E-state index contributed by atoms with van der Waals surface area (Å²) in [4.78, 5) is 3.83. The molecule has 1 aliphatic carbocycles. The molecule has 10 heteroatoms. The fraction of sp³-hybridized carbons (Fsp3) is 0.478. The van der Waals surface area contributed by atoms with Crippen molar-refractivity contribution in [3.63, 3.8) is 0 Å². The highest BCUT2D eigenvalue weighted by atomic mass is 19.4. The molecule has 3 heterocycles. The van der Waals surface area contributed by atoms with Gasteiger partial charge in [-0.15, -0.1) is 10.2 Å². The zero-order chi connectivity index (χ0) is 23.2. The lowest BCUT2D eigenvalue weighted by Crippen LogP contribution is -2.46. The number of anilines is 1. The van der Waals surface area contributed by atoms with E-state index in [1.165, 1.54) is 23.6 Å². The van der Waals surface area contributed by atoms with Crippen molar-refractivity contribution in [1.29, 1.82) is 0 Å². The number of hydrogen-bond acceptors (Lipinski definition) is 5. The Morgan fingerprint density at radius 1 is 1.06 bits per heavy atom. The van der Waals surface area contributed by atoms with Crippen LogP contribution in [0.5, 0.6) is 5.75 Å². The van der Waals surface area contributed by atoms with Gasteiger partial charge in [0, 0.05) is 45.3 Å². The smallest absolute Gasteiger partial charge is 0.420 e. The van der Waals surface area contributed by atoms with Gasteiger partial charge in [0.15, 0.2) is 5.65 Å². The van der Waals surface area contributed by atoms with Crippen LogP contribution in [0.3, 0.4) is 0 Å². The van der Waals surface area contributed by atoms with Crippen LogP contribution in [-0.2, 0) is 19.1 Å². The molecular weight excluding hydrogens is 438 g/mol. The van der Waals surface area contributed by atoms with E-state index in [2.05, 4.69) is 10.2 Å². The van der Waals surface area contributed by atoms with Gasteiger partial charge in [-0.3, -0.25) is 9.30 Å². The standard InChI is InChI=1S/C23H25F4N5O/c1-33-18-4-2-3-17(24)21(18)31-11-9-30(10-12-31)14-16-7-8-32-19(13-15-5-6-15)28-29-22(32)20(16)23(25,26)27/h2-4,7-8,15H,5-6,9-14H2,1H3. The van der Waals surface area contributed by atoms with Crippen molar-refractivity contribution in [2.24, 2.45) is 5.92 Å². The first kappa shape index (κ1) is 21.9. The monoisotopic (exact) mass is 463 g/mol. The number of pyridine rings is 1. The number of aromatic nitrogens is 3. The van der Waals surface area contributed by atoms with Crippen molar-refractivity contribution in [1.82, 2.24) is 19.5 Å². The summed E-state index contributed by atoms with van der Waals surface area (Å²) in [6.07, 6.45) is -0.0604. The van der Waals surface area contributed by atoms with Crippen LogP contribution >= 0.6 is 0 Å². The molecule has 2 aliphatic rings. The largest absolute Gasteiger partial charge is 0.494 e. The molecule has 0 amide bonds. The van der Waals surface area contributed by atoms with Crippen molar-refractivity contribution in [2.45, 2.75) is 32.0 Å². The molecule has 33 heavy (non-hydrogen) atoms. The normalized spacial score (nSPS) is 17.7. The number of piperazine rings is 1. The van der Waals surface area contributed by atoms with E-state index in [0.29, 0.717) is 55.8 Å².